The van der Waals surface area contributed by atoms with Crippen LogP contribution in [0.3, 0.4) is 0 Å². The third-order valence-corrected chi connectivity index (χ3v) is 8.43. The number of anilines is 1. The van der Waals surface area contributed by atoms with Gasteiger partial charge >= 0.3 is 0 Å². The average Bonchev–Trinajstić information content (AvgIpc) is 3.17. The van der Waals surface area contributed by atoms with Gasteiger partial charge < -0.3 is 14.4 Å². The Labute approximate surface area is 183 Å². The number of carbonyl (C=O) groups is 1. The summed E-state index contributed by atoms with van der Waals surface area (Å²) in [4.78, 5) is 19.0. The number of methoxy groups -OCH3 is 2. The van der Waals surface area contributed by atoms with Gasteiger partial charge in [0, 0.05) is 21.5 Å². The summed E-state index contributed by atoms with van der Waals surface area (Å²) in [6.07, 6.45) is 0. The summed E-state index contributed by atoms with van der Waals surface area (Å²) < 4.78 is 34.8. The number of sulfone groups is 1. The molecule has 30 heavy (non-hydrogen) atoms. The predicted molar refractivity (Wildman–Crippen MR) is 119 cm³/mol. The van der Waals surface area contributed by atoms with E-state index in [1.807, 2.05) is 11.0 Å². The maximum atomic E-state index is 12.9. The van der Waals surface area contributed by atoms with Gasteiger partial charge in [0.15, 0.2) is 26.5 Å². The minimum Gasteiger partial charge on any atom is -0.493 e. The molecule has 0 aliphatic carbocycles. The van der Waals surface area contributed by atoms with Crippen LogP contribution < -0.4 is 14.4 Å². The molecule has 0 radical (unpaired) electrons. The Bertz CT molecular complexity index is 1140. The van der Waals surface area contributed by atoms with Gasteiger partial charge in [0.25, 0.3) is 5.91 Å². The second-order valence-electron chi connectivity index (χ2n) is 6.92. The summed E-state index contributed by atoms with van der Waals surface area (Å²) in [6, 6.07) is 11.6. The SMILES string of the molecule is COc1ccc(C(=O)N=C2S[C@@H]3CS(=O)(=O)C[C@@H]3N2c2cccc(Cl)c2)cc1OC. The van der Waals surface area contributed by atoms with Crippen molar-refractivity contribution in [2.45, 2.75) is 11.3 Å². The maximum Gasteiger partial charge on any atom is 0.279 e. The number of fused-ring (bicyclic) bond motifs is 1. The molecule has 0 unspecified atom stereocenters. The number of amidine groups is 1. The van der Waals surface area contributed by atoms with Crippen molar-refractivity contribution < 1.29 is 22.7 Å². The average molecular weight is 467 g/mol. The Morgan fingerprint density at radius 2 is 1.90 bits per heavy atom. The van der Waals surface area contributed by atoms with Crippen molar-refractivity contribution in [1.29, 1.82) is 0 Å². The molecule has 4 rings (SSSR count). The number of benzene rings is 2. The van der Waals surface area contributed by atoms with Gasteiger partial charge in [-0.15, -0.1) is 0 Å². The maximum absolute atomic E-state index is 12.9. The van der Waals surface area contributed by atoms with Crippen molar-refractivity contribution in [3.05, 3.63) is 53.1 Å². The third-order valence-electron chi connectivity index (χ3n) is 4.98. The molecule has 0 N–H and O–H groups in total. The van der Waals surface area contributed by atoms with Crippen LogP contribution in [0, 0.1) is 0 Å². The van der Waals surface area contributed by atoms with Crippen molar-refractivity contribution in [2.24, 2.45) is 4.99 Å². The lowest BCUT2D eigenvalue weighted by Gasteiger charge is -2.24. The van der Waals surface area contributed by atoms with Gasteiger partial charge in [0.05, 0.1) is 31.8 Å². The molecule has 2 aromatic carbocycles. The molecule has 1 amide bonds. The molecular weight excluding hydrogens is 448 g/mol. The molecule has 2 fully saturated rings. The zero-order chi connectivity index (χ0) is 21.5. The lowest BCUT2D eigenvalue weighted by atomic mass is 10.2. The number of nitrogens with zero attached hydrogens (tertiary/aromatic N) is 2. The topological polar surface area (TPSA) is 85.3 Å². The Morgan fingerprint density at radius 3 is 2.60 bits per heavy atom. The number of halogens is 1. The smallest absolute Gasteiger partial charge is 0.279 e. The Morgan fingerprint density at radius 1 is 1.13 bits per heavy atom. The first-order valence-corrected chi connectivity index (χ1v) is 12.2. The third kappa shape index (κ3) is 4.01. The van der Waals surface area contributed by atoms with E-state index >= 15 is 0 Å². The van der Waals surface area contributed by atoms with Crippen molar-refractivity contribution in [2.75, 3.05) is 30.6 Å². The van der Waals surface area contributed by atoms with Crippen LogP contribution in [0.1, 0.15) is 10.4 Å². The van der Waals surface area contributed by atoms with Crippen LogP contribution in [-0.4, -0.2) is 56.5 Å². The van der Waals surface area contributed by atoms with Crippen molar-refractivity contribution >= 4 is 50.0 Å². The van der Waals surface area contributed by atoms with Gasteiger partial charge in [-0.2, -0.15) is 4.99 Å². The highest BCUT2D eigenvalue weighted by Crippen LogP contribution is 2.41. The quantitative estimate of drug-likeness (QED) is 0.683. The molecule has 0 aromatic heterocycles. The molecule has 2 aliphatic heterocycles. The highest BCUT2D eigenvalue weighted by atomic mass is 35.5. The van der Waals surface area contributed by atoms with E-state index in [0.29, 0.717) is 32.9 Å². The standard InChI is InChI=1S/C20H19ClN2O5S2/c1-27-16-7-6-12(8-17(16)28-2)19(24)22-20-23(14-5-3-4-13(21)9-14)15-10-30(25,26)11-18(15)29-20/h3-9,15,18H,10-11H2,1-2H3/t15-,18+/m0/s1. The number of rotatable bonds is 4. The van der Waals surface area contributed by atoms with Crippen molar-refractivity contribution in [1.82, 2.24) is 0 Å². The molecule has 2 heterocycles. The fourth-order valence-electron chi connectivity index (χ4n) is 3.61. The molecule has 0 spiro atoms. The van der Waals surface area contributed by atoms with E-state index in [1.165, 1.54) is 26.0 Å². The molecule has 2 aromatic rings. The van der Waals surface area contributed by atoms with E-state index < -0.39 is 15.7 Å². The van der Waals surface area contributed by atoms with Gasteiger partial charge in [0.2, 0.25) is 0 Å². The van der Waals surface area contributed by atoms with Crippen LogP contribution >= 0.6 is 23.4 Å². The summed E-state index contributed by atoms with van der Waals surface area (Å²) in [5.41, 5.74) is 1.05. The normalized spacial score (nSPS) is 23.4. The first kappa shape index (κ1) is 21.0. The lowest BCUT2D eigenvalue weighted by Crippen LogP contribution is -2.37. The summed E-state index contributed by atoms with van der Waals surface area (Å²) in [7, 11) is -0.131. The number of hydrogen-bond acceptors (Lipinski definition) is 6. The zero-order valence-corrected chi connectivity index (χ0v) is 18.6. The number of amides is 1. The highest BCUT2D eigenvalue weighted by molar-refractivity contribution is 8.16. The number of carbonyl (C=O) groups excluding carboxylic acids is 1. The minimum atomic E-state index is -3.14. The van der Waals surface area contributed by atoms with Gasteiger partial charge in [-0.3, -0.25) is 4.79 Å². The number of hydrogen-bond donors (Lipinski definition) is 0. The zero-order valence-electron chi connectivity index (χ0n) is 16.2. The second-order valence-corrected chi connectivity index (χ2v) is 10.7. The van der Waals surface area contributed by atoms with Crippen LogP contribution in [-0.2, 0) is 9.84 Å². The van der Waals surface area contributed by atoms with E-state index in [4.69, 9.17) is 21.1 Å². The Kier molecular flexibility index (Phi) is 5.69. The predicted octanol–water partition coefficient (Wildman–Crippen LogP) is 3.27. The minimum absolute atomic E-state index is 0.0146. The first-order chi connectivity index (χ1) is 14.3. The summed E-state index contributed by atoms with van der Waals surface area (Å²) >= 11 is 7.46. The molecule has 2 saturated heterocycles. The Balaban J connectivity index is 1.71. The number of thioether (sulfide) groups is 1. The molecule has 2 atom stereocenters. The number of ether oxygens (including phenoxy) is 2. The van der Waals surface area contributed by atoms with Crippen LogP contribution in [0.15, 0.2) is 47.5 Å². The fraction of sp³-hybridized carbons (Fsp3) is 0.300. The van der Waals surface area contributed by atoms with Gasteiger partial charge in [-0.1, -0.05) is 29.4 Å². The van der Waals surface area contributed by atoms with E-state index in [1.54, 1.807) is 36.4 Å². The first-order valence-electron chi connectivity index (χ1n) is 9.08. The molecule has 158 valence electrons. The summed E-state index contributed by atoms with van der Waals surface area (Å²) in [5, 5.41) is 0.792. The van der Waals surface area contributed by atoms with Crippen LogP contribution in [0.25, 0.3) is 0 Å². The van der Waals surface area contributed by atoms with E-state index in [-0.39, 0.29) is 22.8 Å². The summed E-state index contributed by atoms with van der Waals surface area (Å²) in [6.45, 7) is 0. The molecule has 0 bridgehead atoms. The van der Waals surface area contributed by atoms with Crippen LogP contribution in [0.5, 0.6) is 11.5 Å². The van der Waals surface area contributed by atoms with E-state index in [0.717, 1.165) is 0 Å². The van der Waals surface area contributed by atoms with Gasteiger partial charge in [-0.05, 0) is 36.4 Å². The summed E-state index contributed by atoms with van der Waals surface area (Å²) in [5.74, 6) is 0.562. The molecule has 2 aliphatic rings. The van der Waals surface area contributed by atoms with E-state index in [9.17, 15) is 13.2 Å². The van der Waals surface area contributed by atoms with Crippen molar-refractivity contribution in [3.8, 4) is 11.5 Å². The molecule has 7 nitrogen and oxygen atoms in total. The Hall–Kier alpha value is -2.23. The molecular formula is C20H19ClN2O5S2. The largest absolute Gasteiger partial charge is 0.493 e. The lowest BCUT2D eigenvalue weighted by molar-refractivity contribution is 0.100. The monoisotopic (exact) mass is 466 g/mol. The van der Waals surface area contributed by atoms with Crippen molar-refractivity contribution in [3.63, 3.8) is 0 Å². The number of aliphatic imine (C=N–C) groups is 1. The fourth-order valence-corrected chi connectivity index (χ4v) is 7.71. The van der Waals surface area contributed by atoms with E-state index in [2.05, 4.69) is 4.99 Å². The molecule has 0 saturated carbocycles. The van der Waals surface area contributed by atoms with Gasteiger partial charge in [0.1, 0.15) is 0 Å². The van der Waals surface area contributed by atoms with Gasteiger partial charge in [-0.25, -0.2) is 8.42 Å². The second kappa shape index (κ2) is 8.13. The molecule has 10 heteroatoms. The highest BCUT2D eigenvalue weighted by Gasteiger charge is 2.49. The van der Waals surface area contributed by atoms with Crippen LogP contribution in [0.4, 0.5) is 5.69 Å². The van der Waals surface area contributed by atoms with Crippen LogP contribution in [0.2, 0.25) is 5.02 Å².